The Balaban J connectivity index is 1.95. The molecule has 0 bridgehead atoms. The van der Waals surface area contributed by atoms with Gasteiger partial charge in [-0.1, -0.05) is 19.3 Å². The SMILES string of the molecule is CN(C)CCN(C(=O)C1CCCCN1)C1CCCC1. The van der Waals surface area contributed by atoms with Crippen LogP contribution in [0.3, 0.4) is 0 Å². The highest BCUT2D eigenvalue weighted by Crippen LogP contribution is 2.24. The summed E-state index contributed by atoms with van der Waals surface area (Å²) in [5.74, 6) is 0.355. The molecule has 2 rings (SSSR count). The highest BCUT2D eigenvalue weighted by atomic mass is 16.2. The van der Waals surface area contributed by atoms with Crippen molar-refractivity contribution in [2.45, 2.75) is 57.0 Å². The molecule has 4 heteroatoms. The van der Waals surface area contributed by atoms with Gasteiger partial charge in [0.05, 0.1) is 6.04 Å². The summed E-state index contributed by atoms with van der Waals surface area (Å²) in [5, 5.41) is 3.41. The lowest BCUT2D eigenvalue weighted by molar-refractivity contribution is -0.136. The molecule has 0 radical (unpaired) electrons. The van der Waals surface area contributed by atoms with Crippen LogP contribution in [0, 0.1) is 0 Å². The van der Waals surface area contributed by atoms with Crippen LogP contribution in [0.4, 0.5) is 0 Å². The summed E-state index contributed by atoms with van der Waals surface area (Å²) in [7, 11) is 4.16. The van der Waals surface area contributed by atoms with Gasteiger partial charge >= 0.3 is 0 Å². The second-order valence-electron chi connectivity index (χ2n) is 6.28. The predicted octanol–water partition coefficient (Wildman–Crippen LogP) is 1.46. The minimum absolute atomic E-state index is 0.0801. The standard InChI is InChI=1S/C15H29N3O/c1-17(2)11-12-18(13-7-3-4-8-13)15(19)14-9-5-6-10-16-14/h13-14,16H,3-12H2,1-2H3. The van der Waals surface area contributed by atoms with Crippen LogP contribution in [0.5, 0.6) is 0 Å². The quantitative estimate of drug-likeness (QED) is 0.819. The maximum absolute atomic E-state index is 12.7. The van der Waals surface area contributed by atoms with E-state index in [1.165, 1.54) is 38.5 Å². The Kier molecular flexibility index (Phi) is 5.64. The van der Waals surface area contributed by atoms with Gasteiger partial charge in [-0.2, -0.15) is 0 Å². The summed E-state index contributed by atoms with van der Waals surface area (Å²) in [6.07, 6.45) is 8.39. The predicted molar refractivity (Wildman–Crippen MR) is 78.2 cm³/mol. The minimum atomic E-state index is 0.0801. The third-order valence-electron chi connectivity index (χ3n) is 4.45. The Hall–Kier alpha value is -0.610. The molecule has 1 atom stereocenters. The van der Waals surface area contributed by atoms with Gasteiger partial charge in [0.25, 0.3) is 0 Å². The van der Waals surface area contributed by atoms with Crippen LogP contribution < -0.4 is 5.32 Å². The van der Waals surface area contributed by atoms with Gasteiger partial charge in [0.2, 0.25) is 5.91 Å². The second kappa shape index (κ2) is 7.25. The van der Waals surface area contributed by atoms with Crippen LogP contribution in [-0.2, 0) is 4.79 Å². The number of hydrogen-bond acceptors (Lipinski definition) is 3. The van der Waals surface area contributed by atoms with Crippen LogP contribution in [0.1, 0.15) is 44.9 Å². The van der Waals surface area contributed by atoms with Crippen LogP contribution >= 0.6 is 0 Å². The van der Waals surface area contributed by atoms with E-state index in [4.69, 9.17) is 0 Å². The van der Waals surface area contributed by atoms with E-state index in [2.05, 4.69) is 29.2 Å². The first kappa shape index (κ1) is 14.8. The zero-order valence-electron chi connectivity index (χ0n) is 12.5. The van der Waals surface area contributed by atoms with Crippen molar-refractivity contribution in [3.8, 4) is 0 Å². The van der Waals surface area contributed by atoms with E-state index in [-0.39, 0.29) is 6.04 Å². The molecule has 2 fully saturated rings. The first-order valence-electron chi connectivity index (χ1n) is 7.87. The molecule has 1 N–H and O–H groups in total. The topological polar surface area (TPSA) is 35.6 Å². The molecule has 1 saturated heterocycles. The summed E-state index contributed by atoms with van der Waals surface area (Å²) in [6, 6.07) is 0.577. The Morgan fingerprint density at radius 3 is 2.32 bits per heavy atom. The van der Waals surface area contributed by atoms with Gasteiger partial charge in [-0.25, -0.2) is 0 Å². The molecule has 0 aromatic rings. The molecular formula is C15H29N3O. The lowest BCUT2D eigenvalue weighted by Crippen LogP contribution is -2.52. The maximum atomic E-state index is 12.7. The molecular weight excluding hydrogens is 238 g/mol. The van der Waals surface area contributed by atoms with E-state index in [0.29, 0.717) is 11.9 Å². The zero-order chi connectivity index (χ0) is 13.7. The number of rotatable bonds is 5. The lowest BCUT2D eigenvalue weighted by Gasteiger charge is -2.34. The van der Waals surface area contributed by atoms with Gasteiger partial charge in [-0.15, -0.1) is 0 Å². The first-order valence-corrected chi connectivity index (χ1v) is 7.87. The van der Waals surface area contributed by atoms with Crippen LogP contribution in [0.15, 0.2) is 0 Å². The molecule has 4 nitrogen and oxygen atoms in total. The molecule has 1 unspecified atom stereocenters. The molecule has 0 aromatic heterocycles. The summed E-state index contributed by atoms with van der Waals surface area (Å²) in [4.78, 5) is 17.1. The average Bonchev–Trinajstić information content (AvgIpc) is 2.93. The average molecular weight is 267 g/mol. The smallest absolute Gasteiger partial charge is 0.239 e. The fourth-order valence-electron chi connectivity index (χ4n) is 3.26. The van der Waals surface area contributed by atoms with E-state index >= 15 is 0 Å². The van der Waals surface area contributed by atoms with Crippen molar-refractivity contribution in [3.05, 3.63) is 0 Å². The van der Waals surface area contributed by atoms with Gasteiger partial charge in [-0.3, -0.25) is 4.79 Å². The van der Waals surface area contributed by atoms with Crippen LogP contribution in [0.25, 0.3) is 0 Å². The minimum Gasteiger partial charge on any atom is -0.337 e. The van der Waals surface area contributed by atoms with Crippen molar-refractivity contribution in [2.75, 3.05) is 33.7 Å². The van der Waals surface area contributed by atoms with Crippen molar-refractivity contribution >= 4 is 5.91 Å². The third kappa shape index (κ3) is 4.18. The second-order valence-corrected chi connectivity index (χ2v) is 6.28. The van der Waals surface area contributed by atoms with Crippen molar-refractivity contribution in [2.24, 2.45) is 0 Å². The van der Waals surface area contributed by atoms with Gasteiger partial charge in [-0.05, 0) is 46.3 Å². The number of nitrogens with zero attached hydrogens (tertiary/aromatic N) is 2. The van der Waals surface area contributed by atoms with E-state index in [1.807, 2.05) is 0 Å². The highest BCUT2D eigenvalue weighted by Gasteiger charge is 2.31. The summed E-state index contributed by atoms with van der Waals surface area (Å²) in [6.45, 7) is 2.85. The number of piperidine rings is 1. The fraction of sp³-hybridized carbons (Fsp3) is 0.933. The molecule has 1 heterocycles. The molecule has 0 aromatic carbocycles. The Labute approximate surface area is 117 Å². The van der Waals surface area contributed by atoms with Crippen molar-refractivity contribution in [3.63, 3.8) is 0 Å². The number of hydrogen-bond donors (Lipinski definition) is 1. The van der Waals surface area contributed by atoms with Gasteiger partial charge in [0.1, 0.15) is 0 Å². The zero-order valence-corrected chi connectivity index (χ0v) is 12.5. The van der Waals surface area contributed by atoms with Gasteiger partial charge in [0.15, 0.2) is 0 Å². The maximum Gasteiger partial charge on any atom is 0.239 e. The van der Waals surface area contributed by atoms with Crippen molar-refractivity contribution in [1.29, 1.82) is 0 Å². The lowest BCUT2D eigenvalue weighted by atomic mass is 10.0. The molecule has 1 aliphatic heterocycles. The van der Waals surface area contributed by atoms with E-state index in [1.54, 1.807) is 0 Å². The largest absolute Gasteiger partial charge is 0.337 e. The first-order chi connectivity index (χ1) is 9.18. The fourth-order valence-corrected chi connectivity index (χ4v) is 3.26. The molecule has 110 valence electrons. The molecule has 1 aliphatic carbocycles. The third-order valence-corrected chi connectivity index (χ3v) is 4.45. The van der Waals surface area contributed by atoms with Gasteiger partial charge < -0.3 is 15.1 Å². The Morgan fingerprint density at radius 2 is 1.74 bits per heavy atom. The number of amides is 1. The molecule has 1 amide bonds. The number of nitrogens with one attached hydrogen (secondary N) is 1. The van der Waals surface area contributed by atoms with Crippen LogP contribution in [0.2, 0.25) is 0 Å². The monoisotopic (exact) mass is 267 g/mol. The van der Waals surface area contributed by atoms with E-state index < -0.39 is 0 Å². The normalized spacial score (nSPS) is 24.9. The highest BCUT2D eigenvalue weighted by molar-refractivity contribution is 5.82. The molecule has 1 saturated carbocycles. The summed E-state index contributed by atoms with van der Waals surface area (Å²) >= 11 is 0. The molecule has 2 aliphatic rings. The number of likely N-dealkylation sites (N-methyl/N-ethyl adjacent to an activating group) is 1. The summed E-state index contributed by atoms with van der Waals surface area (Å²) in [5.41, 5.74) is 0. The van der Waals surface area contributed by atoms with Crippen molar-refractivity contribution in [1.82, 2.24) is 15.1 Å². The Bertz CT molecular complexity index is 281. The summed E-state index contributed by atoms with van der Waals surface area (Å²) < 4.78 is 0. The van der Waals surface area contributed by atoms with Crippen molar-refractivity contribution < 1.29 is 4.79 Å². The molecule has 0 spiro atoms. The molecule has 19 heavy (non-hydrogen) atoms. The number of carbonyl (C=O) groups excluding carboxylic acids is 1. The van der Waals surface area contributed by atoms with Crippen LogP contribution in [-0.4, -0.2) is 61.5 Å². The number of carbonyl (C=O) groups is 1. The van der Waals surface area contributed by atoms with E-state index in [9.17, 15) is 4.79 Å². The Morgan fingerprint density at radius 1 is 1.05 bits per heavy atom. The van der Waals surface area contributed by atoms with E-state index in [0.717, 1.165) is 26.1 Å². The van der Waals surface area contributed by atoms with Gasteiger partial charge in [0, 0.05) is 19.1 Å².